The molecule has 0 aromatic heterocycles. The molecule has 1 saturated heterocycles. The van der Waals surface area contributed by atoms with Crippen LogP contribution in [0.1, 0.15) is 39.2 Å². The molecule has 1 unspecified atom stereocenters. The number of piperidine rings is 1. The number of hydrogen-bond donors (Lipinski definition) is 1. The van der Waals surface area contributed by atoms with E-state index in [0.29, 0.717) is 5.92 Å². The van der Waals surface area contributed by atoms with Gasteiger partial charge in [0.05, 0.1) is 0 Å². The topological polar surface area (TPSA) is 26.7 Å². The molecule has 1 aromatic carbocycles. The Kier molecular flexibility index (Phi) is 7.85. The zero-order valence-electron chi connectivity index (χ0n) is 16.2. The standard InChI is InChI=1S/C21H35FN2O/c1-4-23(16-21(2,3)17-25)14-19-8-6-11-24(15-19)12-10-18-7-5-9-20(22)13-18/h5,7,9,13,19,25H,4,6,8,10-12,14-17H2,1-3H3. The molecule has 0 amide bonds. The number of aliphatic hydroxyl groups excluding tert-OH is 1. The van der Waals surface area contributed by atoms with Crippen molar-refractivity contribution in [1.29, 1.82) is 0 Å². The van der Waals surface area contributed by atoms with Gasteiger partial charge in [-0.25, -0.2) is 4.39 Å². The fourth-order valence-corrected chi connectivity index (χ4v) is 3.81. The zero-order valence-corrected chi connectivity index (χ0v) is 16.2. The first-order chi connectivity index (χ1) is 11.9. The maximum Gasteiger partial charge on any atom is 0.123 e. The summed E-state index contributed by atoms with van der Waals surface area (Å²) in [5, 5.41) is 9.52. The van der Waals surface area contributed by atoms with E-state index in [1.54, 1.807) is 12.1 Å². The average Bonchev–Trinajstić information content (AvgIpc) is 2.60. The highest BCUT2D eigenvalue weighted by Gasteiger charge is 2.25. The first-order valence-corrected chi connectivity index (χ1v) is 9.72. The second kappa shape index (κ2) is 9.65. The summed E-state index contributed by atoms with van der Waals surface area (Å²) in [4.78, 5) is 5.01. The van der Waals surface area contributed by atoms with E-state index in [1.807, 2.05) is 6.07 Å². The fraction of sp³-hybridized carbons (Fsp3) is 0.714. The predicted octanol–water partition coefficient (Wildman–Crippen LogP) is 3.42. The van der Waals surface area contributed by atoms with Crippen molar-refractivity contribution in [3.8, 4) is 0 Å². The van der Waals surface area contributed by atoms with Crippen LogP contribution >= 0.6 is 0 Å². The quantitative estimate of drug-likeness (QED) is 0.739. The second-order valence-electron chi connectivity index (χ2n) is 8.34. The van der Waals surface area contributed by atoms with Crippen LogP contribution in [-0.2, 0) is 6.42 Å². The molecule has 0 saturated carbocycles. The third-order valence-electron chi connectivity index (χ3n) is 5.25. The van der Waals surface area contributed by atoms with E-state index < -0.39 is 0 Å². The van der Waals surface area contributed by atoms with Crippen LogP contribution in [0.15, 0.2) is 24.3 Å². The first kappa shape index (κ1) is 20.3. The van der Waals surface area contributed by atoms with E-state index in [0.717, 1.165) is 51.3 Å². The van der Waals surface area contributed by atoms with Crippen molar-refractivity contribution in [2.75, 3.05) is 45.9 Å². The maximum absolute atomic E-state index is 13.3. The summed E-state index contributed by atoms with van der Waals surface area (Å²) in [5.74, 6) is 0.551. The van der Waals surface area contributed by atoms with Crippen molar-refractivity contribution in [3.05, 3.63) is 35.6 Å². The minimum absolute atomic E-state index is 0.0399. The summed E-state index contributed by atoms with van der Waals surface area (Å²) < 4.78 is 13.3. The van der Waals surface area contributed by atoms with Crippen LogP contribution in [0.5, 0.6) is 0 Å². The third-order valence-corrected chi connectivity index (χ3v) is 5.25. The van der Waals surface area contributed by atoms with Gasteiger partial charge < -0.3 is 14.9 Å². The molecule has 4 heteroatoms. The largest absolute Gasteiger partial charge is 0.396 e. The Hall–Kier alpha value is -0.970. The molecule has 0 spiro atoms. The number of hydrogen-bond acceptors (Lipinski definition) is 3. The van der Waals surface area contributed by atoms with Gasteiger partial charge in [0.2, 0.25) is 0 Å². The molecule has 1 N–H and O–H groups in total. The minimum atomic E-state index is -0.140. The number of benzene rings is 1. The van der Waals surface area contributed by atoms with E-state index in [2.05, 4.69) is 30.6 Å². The maximum atomic E-state index is 13.3. The Morgan fingerprint density at radius 2 is 2.16 bits per heavy atom. The van der Waals surface area contributed by atoms with Gasteiger partial charge >= 0.3 is 0 Å². The van der Waals surface area contributed by atoms with Crippen LogP contribution in [-0.4, -0.2) is 60.8 Å². The summed E-state index contributed by atoms with van der Waals surface area (Å²) in [6.45, 7) is 13.1. The monoisotopic (exact) mass is 350 g/mol. The first-order valence-electron chi connectivity index (χ1n) is 9.72. The molecule has 1 heterocycles. The summed E-state index contributed by atoms with van der Waals surface area (Å²) in [7, 11) is 0. The van der Waals surface area contributed by atoms with Gasteiger partial charge in [0.15, 0.2) is 0 Å². The highest BCUT2D eigenvalue weighted by Crippen LogP contribution is 2.21. The van der Waals surface area contributed by atoms with Crippen molar-refractivity contribution in [2.24, 2.45) is 11.3 Å². The molecular formula is C21H35FN2O. The molecule has 1 aliphatic rings. The number of likely N-dealkylation sites (tertiary alicyclic amines) is 1. The van der Waals surface area contributed by atoms with Crippen molar-refractivity contribution in [1.82, 2.24) is 9.80 Å². The van der Waals surface area contributed by atoms with E-state index in [-0.39, 0.29) is 17.8 Å². The molecule has 25 heavy (non-hydrogen) atoms. The average molecular weight is 351 g/mol. The molecule has 1 aromatic rings. The smallest absolute Gasteiger partial charge is 0.123 e. The van der Waals surface area contributed by atoms with E-state index >= 15 is 0 Å². The highest BCUT2D eigenvalue weighted by atomic mass is 19.1. The van der Waals surface area contributed by atoms with Crippen molar-refractivity contribution in [3.63, 3.8) is 0 Å². The van der Waals surface area contributed by atoms with E-state index in [1.165, 1.54) is 18.9 Å². The molecule has 2 rings (SSSR count). The lowest BCUT2D eigenvalue weighted by Crippen LogP contribution is -2.44. The third kappa shape index (κ3) is 7.04. The Morgan fingerprint density at radius 1 is 1.36 bits per heavy atom. The second-order valence-corrected chi connectivity index (χ2v) is 8.34. The van der Waals surface area contributed by atoms with Gasteiger partial charge in [0.25, 0.3) is 0 Å². The van der Waals surface area contributed by atoms with Crippen LogP contribution in [0.2, 0.25) is 0 Å². The Morgan fingerprint density at radius 3 is 2.84 bits per heavy atom. The van der Waals surface area contributed by atoms with Gasteiger partial charge in [-0.15, -0.1) is 0 Å². The summed E-state index contributed by atoms with van der Waals surface area (Å²) in [6.07, 6.45) is 3.45. The lowest BCUT2D eigenvalue weighted by Gasteiger charge is -2.37. The molecule has 1 fully saturated rings. The van der Waals surface area contributed by atoms with Crippen LogP contribution in [0.4, 0.5) is 4.39 Å². The van der Waals surface area contributed by atoms with Crippen LogP contribution < -0.4 is 0 Å². The molecule has 0 aliphatic carbocycles. The minimum Gasteiger partial charge on any atom is -0.396 e. The Bertz CT molecular complexity index is 520. The molecule has 1 aliphatic heterocycles. The van der Waals surface area contributed by atoms with Gasteiger partial charge in [0.1, 0.15) is 5.82 Å². The van der Waals surface area contributed by atoms with Gasteiger partial charge in [-0.05, 0) is 56.0 Å². The van der Waals surface area contributed by atoms with Crippen molar-refractivity contribution in [2.45, 2.75) is 40.0 Å². The summed E-state index contributed by atoms with van der Waals surface area (Å²) >= 11 is 0. The Balaban J connectivity index is 1.81. The number of rotatable bonds is 9. The summed E-state index contributed by atoms with van der Waals surface area (Å²) in [6, 6.07) is 6.97. The van der Waals surface area contributed by atoms with E-state index in [4.69, 9.17) is 0 Å². The van der Waals surface area contributed by atoms with Crippen LogP contribution in [0.25, 0.3) is 0 Å². The fourth-order valence-electron chi connectivity index (χ4n) is 3.81. The van der Waals surface area contributed by atoms with Crippen molar-refractivity contribution >= 4 is 0 Å². The molecule has 0 bridgehead atoms. The number of nitrogens with zero attached hydrogens (tertiary/aromatic N) is 2. The molecule has 0 radical (unpaired) electrons. The SMILES string of the molecule is CCN(CC1CCCN(CCc2cccc(F)c2)C1)CC(C)(C)CO. The molecular weight excluding hydrogens is 315 g/mol. The van der Waals surface area contributed by atoms with Gasteiger partial charge in [0, 0.05) is 38.2 Å². The lowest BCUT2D eigenvalue weighted by molar-refractivity contribution is 0.0800. The van der Waals surface area contributed by atoms with Gasteiger partial charge in [-0.3, -0.25) is 0 Å². The van der Waals surface area contributed by atoms with Gasteiger partial charge in [-0.1, -0.05) is 32.9 Å². The zero-order chi connectivity index (χ0) is 18.3. The van der Waals surface area contributed by atoms with Gasteiger partial charge in [-0.2, -0.15) is 0 Å². The predicted molar refractivity (Wildman–Crippen MR) is 102 cm³/mol. The molecule has 3 nitrogen and oxygen atoms in total. The lowest BCUT2D eigenvalue weighted by atomic mass is 9.92. The summed E-state index contributed by atoms with van der Waals surface area (Å²) in [5.41, 5.74) is 1.05. The number of aliphatic hydroxyl groups is 1. The normalized spacial score (nSPS) is 19.5. The highest BCUT2D eigenvalue weighted by molar-refractivity contribution is 5.16. The van der Waals surface area contributed by atoms with Crippen molar-refractivity contribution < 1.29 is 9.50 Å². The van der Waals surface area contributed by atoms with E-state index in [9.17, 15) is 9.50 Å². The Labute approximate surface area is 152 Å². The number of halogens is 1. The molecule has 1 atom stereocenters. The van der Waals surface area contributed by atoms with Crippen LogP contribution in [0, 0.1) is 17.2 Å². The molecule has 142 valence electrons. The van der Waals surface area contributed by atoms with Crippen LogP contribution in [0.3, 0.4) is 0 Å².